The van der Waals surface area contributed by atoms with Gasteiger partial charge in [0.2, 0.25) is 17.7 Å². The SMILES string of the molecule is CC(NC(=O)[C@H](COC(F)F)NC(=O)CN1CCOCC1)C(=O)N[C@@H](COC(F)F)C(=O)O.COC(F)F. The molecule has 0 aromatic heterocycles. The molecule has 0 aromatic carbocycles. The lowest BCUT2D eigenvalue weighted by atomic mass is 10.2. The van der Waals surface area contributed by atoms with E-state index in [4.69, 9.17) is 9.84 Å². The number of carbonyl (C=O) groups is 4. The highest BCUT2D eigenvalue weighted by Crippen LogP contribution is 2.01. The number of halogens is 6. The average molecular weight is 572 g/mol. The number of aliphatic carboxylic acids is 1. The normalized spacial score (nSPS) is 16.3. The van der Waals surface area contributed by atoms with Gasteiger partial charge in [0.1, 0.15) is 12.1 Å². The number of hydrogen-bond donors (Lipinski definition) is 4. The second-order valence-electron chi connectivity index (χ2n) is 7.32. The summed E-state index contributed by atoms with van der Waals surface area (Å²) in [6.45, 7) is -8.37. The summed E-state index contributed by atoms with van der Waals surface area (Å²) in [5.74, 6) is -4.48. The molecule has 1 aliphatic heterocycles. The van der Waals surface area contributed by atoms with Crippen molar-refractivity contribution in [3.63, 3.8) is 0 Å². The van der Waals surface area contributed by atoms with Gasteiger partial charge < -0.3 is 40.0 Å². The van der Waals surface area contributed by atoms with Crippen LogP contribution in [0, 0.1) is 0 Å². The molecule has 13 nitrogen and oxygen atoms in total. The monoisotopic (exact) mass is 572 g/mol. The first-order valence-corrected chi connectivity index (χ1v) is 10.8. The number of ether oxygens (including phenoxy) is 4. The van der Waals surface area contributed by atoms with E-state index in [1.165, 1.54) is 0 Å². The summed E-state index contributed by atoms with van der Waals surface area (Å²) in [7, 11) is 0.949. The molecule has 0 bridgehead atoms. The fraction of sp³-hybridized carbons (Fsp3) is 0.789. The number of alkyl halides is 6. The van der Waals surface area contributed by atoms with Crippen LogP contribution in [0.25, 0.3) is 0 Å². The third-order valence-electron chi connectivity index (χ3n) is 4.45. The van der Waals surface area contributed by atoms with Crippen LogP contribution in [0.1, 0.15) is 6.92 Å². The van der Waals surface area contributed by atoms with Crippen molar-refractivity contribution in [1.29, 1.82) is 0 Å². The lowest BCUT2D eigenvalue weighted by molar-refractivity contribution is -0.156. The molecule has 0 saturated carbocycles. The van der Waals surface area contributed by atoms with E-state index in [2.05, 4.69) is 24.8 Å². The Morgan fingerprint density at radius 2 is 1.34 bits per heavy atom. The Hall–Kier alpha value is -2.74. The molecule has 0 aromatic rings. The number of nitrogens with zero attached hydrogens (tertiary/aromatic N) is 1. The van der Waals surface area contributed by atoms with Crippen molar-refractivity contribution >= 4 is 23.7 Å². The van der Waals surface area contributed by atoms with Crippen molar-refractivity contribution < 1.29 is 69.6 Å². The molecule has 1 saturated heterocycles. The minimum absolute atomic E-state index is 0.137. The molecule has 1 rings (SSSR count). The minimum Gasteiger partial charge on any atom is -0.480 e. The molecule has 1 aliphatic rings. The number of carbonyl (C=O) groups excluding carboxylic acids is 3. The first-order valence-electron chi connectivity index (χ1n) is 10.8. The molecule has 222 valence electrons. The van der Waals surface area contributed by atoms with Crippen molar-refractivity contribution in [2.24, 2.45) is 0 Å². The summed E-state index contributed by atoms with van der Waals surface area (Å²) in [6, 6.07) is -4.85. The molecule has 1 heterocycles. The second-order valence-corrected chi connectivity index (χ2v) is 7.32. The van der Waals surface area contributed by atoms with Crippen LogP contribution in [0.2, 0.25) is 0 Å². The smallest absolute Gasteiger partial charge is 0.345 e. The Labute approximate surface area is 213 Å². The van der Waals surface area contributed by atoms with Crippen LogP contribution in [0.4, 0.5) is 26.3 Å². The van der Waals surface area contributed by atoms with E-state index in [9.17, 15) is 45.5 Å². The van der Waals surface area contributed by atoms with Gasteiger partial charge in [-0.25, -0.2) is 4.79 Å². The van der Waals surface area contributed by atoms with Crippen molar-refractivity contribution in [3.8, 4) is 0 Å². The summed E-state index contributed by atoms with van der Waals surface area (Å²) in [4.78, 5) is 49.5. The van der Waals surface area contributed by atoms with E-state index in [0.717, 1.165) is 14.0 Å². The van der Waals surface area contributed by atoms with E-state index in [1.54, 1.807) is 4.90 Å². The predicted molar refractivity (Wildman–Crippen MR) is 113 cm³/mol. The zero-order valence-corrected chi connectivity index (χ0v) is 20.3. The third kappa shape index (κ3) is 16.9. The average Bonchev–Trinajstić information content (AvgIpc) is 2.84. The maximum Gasteiger partial charge on any atom is 0.345 e. The van der Waals surface area contributed by atoms with Crippen molar-refractivity contribution in [2.75, 3.05) is 53.2 Å². The van der Waals surface area contributed by atoms with Gasteiger partial charge in [0.25, 0.3) is 0 Å². The highest BCUT2D eigenvalue weighted by Gasteiger charge is 2.29. The van der Waals surface area contributed by atoms with Crippen LogP contribution in [-0.4, -0.2) is 125 Å². The summed E-state index contributed by atoms with van der Waals surface area (Å²) < 4.78 is 86.7. The maximum absolute atomic E-state index is 12.4. The van der Waals surface area contributed by atoms with E-state index < -0.39 is 74.9 Å². The number of methoxy groups -OCH3 is 1. The Morgan fingerprint density at radius 1 is 0.842 bits per heavy atom. The largest absolute Gasteiger partial charge is 0.480 e. The third-order valence-corrected chi connectivity index (χ3v) is 4.45. The van der Waals surface area contributed by atoms with Gasteiger partial charge in [0.15, 0.2) is 6.04 Å². The van der Waals surface area contributed by atoms with Crippen LogP contribution >= 0.6 is 0 Å². The summed E-state index contributed by atoms with van der Waals surface area (Å²) in [5, 5.41) is 15.2. The van der Waals surface area contributed by atoms with Crippen LogP contribution in [0.5, 0.6) is 0 Å². The zero-order chi connectivity index (χ0) is 29.3. The summed E-state index contributed by atoms with van der Waals surface area (Å²) >= 11 is 0. The predicted octanol–water partition coefficient (Wildman–Crippen LogP) is -0.789. The Bertz CT molecular complexity index is 733. The Morgan fingerprint density at radius 3 is 1.79 bits per heavy atom. The van der Waals surface area contributed by atoms with Gasteiger partial charge >= 0.3 is 25.8 Å². The number of hydrogen-bond acceptors (Lipinski definition) is 9. The topological polar surface area (TPSA) is 165 Å². The first kappa shape index (κ1) is 35.3. The number of carboxylic acid groups (broad SMARTS) is 1. The van der Waals surface area contributed by atoms with Gasteiger partial charge in [0, 0.05) is 20.2 Å². The molecule has 0 radical (unpaired) electrons. The molecular formula is C19H30F6N4O9. The number of rotatable bonds is 15. The maximum atomic E-state index is 12.4. The van der Waals surface area contributed by atoms with Crippen LogP contribution in [0.3, 0.4) is 0 Å². The van der Waals surface area contributed by atoms with Crippen molar-refractivity contribution in [1.82, 2.24) is 20.9 Å². The fourth-order valence-electron chi connectivity index (χ4n) is 2.57. The minimum atomic E-state index is -3.27. The lowest BCUT2D eigenvalue weighted by Crippen LogP contribution is -2.57. The molecule has 38 heavy (non-hydrogen) atoms. The van der Waals surface area contributed by atoms with Crippen LogP contribution < -0.4 is 16.0 Å². The molecule has 0 aliphatic carbocycles. The standard InChI is InChI=1S/C17H26F4N4O8.C2H4F2O/c1-9(13(27)24-11(15(29)30)8-33-17(20)21)22-14(28)10(7-32-16(18)19)23-12(26)6-25-2-4-31-5-3-25;1-5-2(3)4/h9-11,16-17H,2-8H2,1H3,(H,22,28)(H,23,26)(H,24,27)(H,29,30);2H,1H3/t9?,10-,11-;/m0./s1. The van der Waals surface area contributed by atoms with E-state index in [1.807, 2.05) is 5.32 Å². The second kappa shape index (κ2) is 19.3. The highest BCUT2D eigenvalue weighted by atomic mass is 19.3. The highest BCUT2D eigenvalue weighted by molar-refractivity contribution is 5.93. The van der Waals surface area contributed by atoms with Gasteiger partial charge in [-0.15, -0.1) is 0 Å². The van der Waals surface area contributed by atoms with Crippen LogP contribution in [-0.2, 0) is 38.1 Å². The van der Waals surface area contributed by atoms with Gasteiger partial charge in [-0.2, -0.15) is 26.3 Å². The number of amides is 3. The molecule has 1 fully saturated rings. The molecule has 19 heteroatoms. The molecular weight excluding hydrogens is 542 g/mol. The quantitative estimate of drug-likeness (QED) is 0.183. The lowest BCUT2D eigenvalue weighted by Gasteiger charge is -2.27. The van der Waals surface area contributed by atoms with Crippen LogP contribution in [0.15, 0.2) is 0 Å². The van der Waals surface area contributed by atoms with E-state index >= 15 is 0 Å². The van der Waals surface area contributed by atoms with E-state index in [-0.39, 0.29) is 6.54 Å². The fourth-order valence-corrected chi connectivity index (χ4v) is 2.57. The summed E-state index contributed by atoms with van der Waals surface area (Å²) in [6.07, 6.45) is 0. The Kier molecular flexibility index (Phi) is 18.0. The molecule has 3 amide bonds. The van der Waals surface area contributed by atoms with Gasteiger partial charge in [0.05, 0.1) is 33.0 Å². The van der Waals surface area contributed by atoms with Crippen molar-refractivity contribution in [2.45, 2.75) is 44.9 Å². The summed E-state index contributed by atoms with van der Waals surface area (Å²) in [5.41, 5.74) is 0. The molecule has 4 N–H and O–H groups in total. The first-order chi connectivity index (χ1) is 17.8. The molecule has 3 atom stereocenters. The van der Waals surface area contributed by atoms with Crippen molar-refractivity contribution in [3.05, 3.63) is 0 Å². The number of morpholine rings is 1. The Balaban J connectivity index is 0.00000249. The van der Waals surface area contributed by atoms with Gasteiger partial charge in [-0.3, -0.25) is 19.3 Å². The number of carboxylic acids is 1. The van der Waals surface area contributed by atoms with Gasteiger partial charge in [-0.1, -0.05) is 0 Å². The number of nitrogens with one attached hydrogen (secondary N) is 3. The van der Waals surface area contributed by atoms with E-state index in [0.29, 0.717) is 26.3 Å². The molecule has 1 unspecified atom stereocenters. The van der Waals surface area contributed by atoms with Gasteiger partial charge in [-0.05, 0) is 6.92 Å². The molecule has 0 spiro atoms. The zero-order valence-electron chi connectivity index (χ0n) is 20.3.